The minimum absolute atomic E-state index is 0.228. The number of carbonyl (C=O) groups excluding carboxylic acids is 1. The number of benzene rings is 2. The van der Waals surface area contributed by atoms with Crippen LogP contribution in [0.15, 0.2) is 83.9 Å². The van der Waals surface area contributed by atoms with Gasteiger partial charge in [-0.25, -0.2) is 14.6 Å². The Balaban J connectivity index is 1.43. The molecule has 5 aromatic rings. The summed E-state index contributed by atoms with van der Waals surface area (Å²) in [6, 6.07) is 20.1. The van der Waals surface area contributed by atoms with Gasteiger partial charge in [-0.2, -0.15) is 5.10 Å². The number of nitrogens with one attached hydrogen (secondary N) is 2. The quantitative estimate of drug-likeness (QED) is 0.372. The Morgan fingerprint density at radius 3 is 2.58 bits per heavy atom. The number of hydrogen-bond acceptors (Lipinski definition) is 6. The number of ether oxygens (including phenoxy) is 1. The molecule has 0 saturated heterocycles. The molecule has 0 fully saturated rings. The summed E-state index contributed by atoms with van der Waals surface area (Å²) in [6.45, 7) is 6.17. The fraction of sp³-hybridized carbons (Fsp3) is 0.148. The van der Waals surface area contributed by atoms with Crippen LogP contribution in [0.2, 0.25) is 0 Å². The fourth-order valence-electron chi connectivity index (χ4n) is 3.64. The summed E-state index contributed by atoms with van der Waals surface area (Å²) in [7, 11) is 0. The second-order valence-corrected chi connectivity index (χ2v) is 9.25. The number of fused-ring (bicyclic) bond motifs is 1. The molecule has 3 heterocycles. The molecular weight excluding hydrogens is 456 g/mol. The molecule has 0 saturated carbocycles. The Morgan fingerprint density at radius 2 is 1.81 bits per heavy atom. The maximum atomic E-state index is 13.4. The van der Waals surface area contributed by atoms with Gasteiger partial charge in [0.05, 0.1) is 17.6 Å². The predicted molar refractivity (Wildman–Crippen MR) is 137 cm³/mol. The lowest BCUT2D eigenvalue weighted by Crippen LogP contribution is -2.17. The Morgan fingerprint density at radius 1 is 1.00 bits per heavy atom. The van der Waals surface area contributed by atoms with Gasteiger partial charge in [-0.05, 0) is 30.3 Å². The summed E-state index contributed by atoms with van der Waals surface area (Å²) in [5.74, 6) is 0.615. The second-order valence-electron chi connectivity index (χ2n) is 9.25. The molecule has 3 aromatic heterocycles. The van der Waals surface area contributed by atoms with Crippen LogP contribution in [0.4, 0.5) is 5.69 Å². The van der Waals surface area contributed by atoms with Crippen molar-refractivity contribution in [3.63, 3.8) is 0 Å². The van der Waals surface area contributed by atoms with Gasteiger partial charge in [-0.1, -0.05) is 45.0 Å². The van der Waals surface area contributed by atoms with Crippen molar-refractivity contribution in [2.75, 3.05) is 5.32 Å². The Labute approximate surface area is 206 Å². The van der Waals surface area contributed by atoms with Crippen LogP contribution in [0.3, 0.4) is 0 Å². The van der Waals surface area contributed by atoms with Crippen molar-refractivity contribution in [3.8, 4) is 17.2 Å². The number of carbonyl (C=O) groups is 1. The first-order chi connectivity index (χ1) is 17.3. The SMILES string of the molecule is CC(C)(C)c1cc(C(=O)Nc2cccc(Oc3ccnc4[nH]c(=O)cnc34)c2)n(-c2ccccc2)n1. The van der Waals surface area contributed by atoms with Gasteiger partial charge < -0.3 is 15.0 Å². The first-order valence-electron chi connectivity index (χ1n) is 11.4. The standard InChI is InChI=1S/C27H24N6O3/c1-27(2,3)22-15-20(33(32-22)18-9-5-4-6-10-18)26(35)30-17-8-7-11-19(14-17)36-21-12-13-28-25-24(21)29-16-23(34)31-25/h4-16H,1-3H3,(H,30,35)(H,28,31,34). The normalized spacial score (nSPS) is 11.4. The van der Waals surface area contributed by atoms with Crippen LogP contribution < -0.4 is 15.6 Å². The summed E-state index contributed by atoms with van der Waals surface area (Å²) in [6.07, 6.45) is 2.70. The number of anilines is 1. The Hall–Kier alpha value is -4.79. The highest BCUT2D eigenvalue weighted by molar-refractivity contribution is 6.03. The van der Waals surface area contributed by atoms with Gasteiger partial charge in [0.15, 0.2) is 11.4 Å². The molecule has 0 aliphatic rings. The maximum absolute atomic E-state index is 13.4. The van der Waals surface area contributed by atoms with E-state index in [1.165, 1.54) is 12.4 Å². The van der Waals surface area contributed by atoms with Gasteiger partial charge in [0.2, 0.25) is 0 Å². The molecule has 0 atom stereocenters. The van der Waals surface area contributed by atoms with E-state index in [1.54, 1.807) is 35.0 Å². The molecule has 36 heavy (non-hydrogen) atoms. The van der Waals surface area contributed by atoms with Gasteiger partial charge in [0.25, 0.3) is 11.5 Å². The topological polar surface area (TPSA) is 115 Å². The van der Waals surface area contributed by atoms with E-state index in [1.807, 2.05) is 36.4 Å². The molecule has 9 heteroatoms. The number of aromatic nitrogens is 5. The number of amides is 1. The number of pyridine rings is 1. The molecule has 2 aromatic carbocycles. The van der Waals surface area contributed by atoms with E-state index < -0.39 is 0 Å². The van der Waals surface area contributed by atoms with Crippen molar-refractivity contribution in [1.82, 2.24) is 24.7 Å². The van der Waals surface area contributed by atoms with E-state index in [0.717, 1.165) is 11.4 Å². The number of para-hydroxylation sites is 1. The minimum Gasteiger partial charge on any atom is -0.455 e. The molecule has 5 rings (SSSR count). The summed E-state index contributed by atoms with van der Waals surface area (Å²) < 4.78 is 7.67. The van der Waals surface area contributed by atoms with Crippen molar-refractivity contribution in [1.29, 1.82) is 0 Å². The number of hydrogen-bond donors (Lipinski definition) is 2. The molecule has 2 N–H and O–H groups in total. The number of aromatic amines is 1. The Kier molecular flexibility index (Phi) is 5.81. The summed E-state index contributed by atoms with van der Waals surface area (Å²) in [5, 5.41) is 7.66. The van der Waals surface area contributed by atoms with Gasteiger partial charge >= 0.3 is 0 Å². The molecule has 0 aliphatic carbocycles. The van der Waals surface area contributed by atoms with Crippen molar-refractivity contribution >= 4 is 22.8 Å². The van der Waals surface area contributed by atoms with Crippen LogP contribution in [0.1, 0.15) is 37.0 Å². The van der Waals surface area contributed by atoms with Gasteiger partial charge in [0.1, 0.15) is 17.0 Å². The van der Waals surface area contributed by atoms with E-state index in [-0.39, 0.29) is 16.9 Å². The zero-order chi connectivity index (χ0) is 25.3. The highest BCUT2D eigenvalue weighted by atomic mass is 16.5. The lowest BCUT2D eigenvalue weighted by Gasteiger charge is -2.14. The van der Waals surface area contributed by atoms with Crippen LogP contribution in [-0.4, -0.2) is 30.6 Å². The number of rotatable bonds is 5. The van der Waals surface area contributed by atoms with Crippen LogP contribution in [0.5, 0.6) is 11.5 Å². The van der Waals surface area contributed by atoms with Crippen molar-refractivity contribution in [2.45, 2.75) is 26.2 Å². The summed E-state index contributed by atoms with van der Waals surface area (Å²) >= 11 is 0. The Bertz CT molecular complexity index is 1620. The van der Waals surface area contributed by atoms with E-state index >= 15 is 0 Å². The lowest BCUT2D eigenvalue weighted by atomic mass is 9.92. The van der Waals surface area contributed by atoms with Crippen molar-refractivity contribution in [2.24, 2.45) is 0 Å². The molecule has 0 aliphatic heterocycles. The molecule has 9 nitrogen and oxygen atoms in total. The average molecular weight is 481 g/mol. The van der Waals surface area contributed by atoms with Gasteiger partial charge in [0, 0.05) is 29.4 Å². The first kappa shape index (κ1) is 23.0. The second kappa shape index (κ2) is 9.10. The van der Waals surface area contributed by atoms with Crippen LogP contribution >= 0.6 is 0 Å². The fourth-order valence-corrected chi connectivity index (χ4v) is 3.64. The third-order valence-electron chi connectivity index (χ3n) is 5.47. The highest BCUT2D eigenvalue weighted by Gasteiger charge is 2.24. The minimum atomic E-state index is -0.346. The van der Waals surface area contributed by atoms with E-state index in [9.17, 15) is 9.59 Å². The van der Waals surface area contributed by atoms with Crippen LogP contribution in [0, 0.1) is 0 Å². The average Bonchev–Trinajstić information content (AvgIpc) is 3.31. The van der Waals surface area contributed by atoms with Gasteiger partial charge in [-0.15, -0.1) is 0 Å². The molecule has 1 amide bonds. The van der Waals surface area contributed by atoms with Crippen molar-refractivity contribution in [3.05, 3.63) is 101 Å². The van der Waals surface area contributed by atoms with E-state index in [4.69, 9.17) is 9.84 Å². The first-order valence-corrected chi connectivity index (χ1v) is 11.4. The molecule has 0 bridgehead atoms. The highest BCUT2D eigenvalue weighted by Crippen LogP contribution is 2.29. The smallest absolute Gasteiger partial charge is 0.274 e. The lowest BCUT2D eigenvalue weighted by molar-refractivity contribution is 0.101. The monoisotopic (exact) mass is 480 g/mol. The summed E-state index contributed by atoms with van der Waals surface area (Å²) in [4.78, 5) is 35.8. The van der Waals surface area contributed by atoms with Crippen LogP contribution in [0.25, 0.3) is 16.9 Å². The molecule has 180 valence electrons. The molecule has 0 spiro atoms. The van der Waals surface area contributed by atoms with E-state index in [2.05, 4.69) is 41.0 Å². The van der Waals surface area contributed by atoms with Crippen molar-refractivity contribution < 1.29 is 9.53 Å². The maximum Gasteiger partial charge on any atom is 0.274 e. The molecule has 0 unspecified atom stereocenters. The zero-order valence-corrected chi connectivity index (χ0v) is 20.0. The number of nitrogens with zero attached hydrogens (tertiary/aromatic N) is 4. The third kappa shape index (κ3) is 4.72. The number of H-pyrrole nitrogens is 1. The van der Waals surface area contributed by atoms with Gasteiger partial charge in [-0.3, -0.25) is 9.59 Å². The largest absolute Gasteiger partial charge is 0.455 e. The van der Waals surface area contributed by atoms with E-state index in [0.29, 0.717) is 34.0 Å². The zero-order valence-electron chi connectivity index (χ0n) is 20.0. The molecule has 0 radical (unpaired) electrons. The third-order valence-corrected chi connectivity index (χ3v) is 5.47. The predicted octanol–water partition coefficient (Wildman–Crippen LogP) is 4.85. The van der Waals surface area contributed by atoms with Crippen LogP contribution in [-0.2, 0) is 5.41 Å². The summed E-state index contributed by atoms with van der Waals surface area (Å²) in [5.41, 5.74) is 2.76. The molecular formula is C27H24N6O3.